The molecule has 1 saturated heterocycles. The Morgan fingerprint density at radius 3 is 2.60 bits per heavy atom. The molecule has 0 radical (unpaired) electrons. The molecular formula is C12H14O3. The highest BCUT2D eigenvalue weighted by molar-refractivity contribution is 5.77. The summed E-state index contributed by atoms with van der Waals surface area (Å²) in [6.07, 6.45) is 1.74. The summed E-state index contributed by atoms with van der Waals surface area (Å²) in [7, 11) is 0. The van der Waals surface area contributed by atoms with Gasteiger partial charge < -0.3 is 9.47 Å². The molecule has 0 aliphatic carbocycles. The van der Waals surface area contributed by atoms with Crippen molar-refractivity contribution in [3.05, 3.63) is 35.4 Å². The van der Waals surface area contributed by atoms with Gasteiger partial charge in [-0.2, -0.15) is 0 Å². The predicted octanol–water partition coefficient (Wildman–Crippen LogP) is 2.11. The van der Waals surface area contributed by atoms with Crippen LogP contribution >= 0.6 is 0 Å². The van der Waals surface area contributed by atoms with Crippen molar-refractivity contribution in [1.29, 1.82) is 0 Å². The van der Waals surface area contributed by atoms with E-state index in [1.54, 1.807) is 6.07 Å². The summed E-state index contributed by atoms with van der Waals surface area (Å²) in [6.45, 7) is 3.20. The molecule has 0 unspecified atom stereocenters. The van der Waals surface area contributed by atoms with Crippen LogP contribution in [0.15, 0.2) is 24.3 Å². The Bertz CT molecular complexity index is 354. The van der Waals surface area contributed by atoms with Crippen LogP contribution < -0.4 is 0 Å². The van der Waals surface area contributed by atoms with Gasteiger partial charge in [0.2, 0.25) is 0 Å². The maximum Gasteiger partial charge on any atom is 0.192 e. The van der Waals surface area contributed by atoms with Gasteiger partial charge in [0.05, 0.1) is 13.2 Å². The third kappa shape index (κ3) is 1.94. The number of rotatable bonds is 2. The SMILES string of the molecule is CC1(c2ccccc2C=O)OCCCO1. The van der Waals surface area contributed by atoms with Gasteiger partial charge in [0, 0.05) is 11.1 Å². The number of hydrogen-bond acceptors (Lipinski definition) is 3. The standard InChI is InChI=1S/C12H14O3/c1-12(14-7-4-8-15-12)11-6-3-2-5-10(11)9-13/h2-3,5-6,9H,4,7-8H2,1H3. The Hall–Kier alpha value is -1.19. The van der Waals surface area contributed by atoms with Crippen LogP contribution in [0.25, 0.3) is 0 Å². The van der Waals surface area contributed by atoms with Crippen molar-refractivity contribution in [3.8, 4) is 0 Å². The van der Waals surface area contributed by atoms with Crippen molar-refractivity contribution in [3.63, 3.8) is 0 Å². The topological polar surface area (TPSA) is 35.5 Å². The normalized spacial score (nSPS) is 19.8. The smallest absolute Gasteiger partial charge is 0.192 e. The lowest BCUT2D eigenvalue weighted by Crippen LogP contribution is -2.35. The molecule has 1 heterocycles. The lowest BCUT2D eigenvalue weighted by atomic mass is 10.0. The van der Waals surface area contributed by atoms with Crippen molar-refractivity contribution < 1.29 is 14.3 Å². The van der Waals surface area contributed by atoms with Crippen LogP contribution in [0.4, 0.5) is 0 Å². The van der Waals surface area contributed by atoms with E-state index in [-0.39, 0.29) is 0 Å². The first-order chi connectivity index (χ1) is 7.26. The van der Waals surface area contributed by atoms with Crippen molar-refractivity contribution in [2.45, 2.75) is 19.1 Å². The minimum Gasteiger partial charge on any atom is -0.346 e. The van der Waals surface area contributed by atoms with Gasteiger partial charge in [-0.25, -0.2) is 0 Å². The average molecular weight is 206 g/mol. The van der Waals surface area contributed by atoms with E-state index >= 15 is 0 Å². The third-order valence-corrected chi connectivity index (χ3v) is 2.62. The number of ether oxygens (including phenoxy) is 2. The summed E-state index contributed by atoms with van der Waals surface area (Å²) in [4.78, 5) is 10.9. The van der Waals surface area contributed by atoms with Gasteiger partial charge in [-0.15, -0.1) is 0 Å². The first kappa shape index (κ1) is 10.3. The molecule has 1 fully saturated rings. The highest BCUT2D eigenvalue weighted by Crippen LogP contribution is 2.31. The van der Waals surface area contributed by atoms with E-state index in [1.807, 2.05) is 25.1 Å². The lowest BCUT2D eigenvalue weighted by Gasteiger charge is -2.34. The van der Waals surface area contributed by atoms with E-state index in [1.165, 1.54) is 0 Å². The van der Waals surface area contributed by atoms with Gasteiger partial charge in [0.1, 0.15) is 0 Å². The quantitative estimate of drug-likeness (QED) is 0.695. The van der Waals surface area contributed by atoms with Crippen molar-refractivity contribution in [2.24, 2.45) is 0 Å². The van der Waals surface area contributed by atoms with E-state index in [2.05, 4.69) is 0 Å². The zero-order chi connectivity index (χ0) is 10.7. The largest absolute Gasteiger partial charge is 0.346 e. The molecule has 1 aromatic rings. The van der Waals surface area contributed by atoms with Crippen molar-refractivity contribution >= 4 is 6.29 Å². The number of benzene rings is 1. The summed E-state index contributed by atoms with van der Waals surface area (Å²) in [5.74, 6) is -0.768. The molecule has 0 amide bonds. The van der Waals surface area contributed by atoms with Gasteiger partial charge >= 0.3 is 0 Å². The second kappa shape index (κ2) is 4.13. The fourth-order valence-corrected chi connectivity index (χ4v) is 1.80. The van der Waals surface area contributed by atoms with E-state index in [9.17, 15) is 4.79 Å². The van der Waals surface area contributed by atoms with E-state index < -0.39 is 5.79 Å². The fourth-order valence-electron chi connectivity index (χ4n) is 1.80. The molecular weight excluding hydrogens is 192 g/mol. The van der Waals surface area contributed by atoms with E-state index in [0.717, 1.165) is 18.3 Å². The average Bonchev–Trinajstić information content (AvgIpc) is 2.30. The fraction of sp³-hybridized carbons (Fsp3) is 0.417. The molecule has 0 bridgehead atoms. The van der Waals surface area contributed by atoms with Gasteiger partial charge in [0.25, 0.3) is 0 Å². The van der Waals surface area contributed by atoms with E-state index in [0.29, 0.717) is 18.8 Å². The van der Waals surface area contributed by atoms with Crippen LogP contribution in [0.3, 0.4) is 0 Å². The maximum atomic E-state index is 10.9. The lowest BCUT2D eigenvalue weighted by molar-refractivity contribution is -0.265. The van der Waals surface area contributed by atoms with E-state index in [4.69, 9.17) is 9.47 Å². The minimum absolute atomic E-state index is 0.627. The molecule has 1 aromatic carbocycles. The van der Waals surface area contributed by atoms with Gasteiger partial charge in [-0.1, -0.05) is 24.3 Å². The first-order valence-corrected chi connectivity index (χ1v) is 5.09. The van der Waals surface area contributed by atoms with Crippen LogP contribution in [0.5, 0.6) is 0 Å². The summed E-state index contributed by atoms with van der Waals surface area (Å²) >= 11 is 0. The predicted molar refractivity (Wildman–Crippen MR) is 55.7 cm³/mol. The molecule has 15 heavy (non-hydrogen) atoms. The highest BCUT2D eigenvalue weighted by atomic mass is 16.7. The highest BCUT2D eigenvalue weighted by Gasteiger charge is 2.32. The molecule has 3 nitrogen and oxygen atoms in total. The molecule has 1 aliphatic heterocycles. The minimum atomic E-state index is -0.768. The summed E-state index contributed by atoms with van der Waals surface area (Å²) in [5, 5.41) is 0. The molecule has 0 spiro atoms. The zero-order valence-electron chi connectivity index (χ0n) is 8.73. The second-order valence-electron chi connectivity index (χ2n) is 3.70. The van der Waals surface area contributed by atoms with Gasteiger partial charge in [0.15, 0.2) is 12.1 Å². The number of carbonyl (C=O) groups excluding carboxylic acids is 1. The summed E-state index contributed by atoms with van der Waals surface area (Å²) < 4.78 is 11.2. The molecule has 80 valence electrons. The first-order valence-electron chi connectivity index (χ1n) is 5.09. The number of aldehydes is 1. The molecule has 2 rings (SSSR count). The molecule has 0 aromatic heterocycles. The summed E-state index contributed by atoms with van der Waals surface area (Å²) in [5.41, 5.74) is 1.43. The van der Waals surface area contributed by atoms with Crippen molar-refractivity contribution in [2.75, 3.05) is 13.2 Å². The van der Waals surface area contributed by atoms with Crippen LogP contribution in [0.1, 0.15) is 29.3 Å². The molecule has 0 atom stereocenters. The molecule has 0 N–H and O–H groups in total. The van der Waals surface area contributed by atoms with Crippen LogP contribution in [0, 0.1) is 0 Å². The number of hydrogen-bond donors (Lipinski definition) is 0. The Morgan fingerprint density at radius 2 is 1.93 bits per heavy atom. The summed E-state index contributed by atoms with van der Waals surface area (Å²) in [6, 6.07) is 7.36. The van der Waals surface area contributed by atoms with Crippen molar-refractivity contribution in [1.82, 2.24) is 0 Å². The number of carbonyl (C=O) groups is 1. The maximum absolute atomic E-state index is 10.9. The Kier molecular flexibility index (Phi) is 2.84. The molecule has 1 aliphatic rings. The van der Waals surface area contributed by atoms with Crippen LogP contribution in [0.2, 0.25) is 0 Å². The molecule has 0 saturated carbocycles. The van der Waals surface area contributed by atoms with Crippen LogP contribution in [-0.2, 0) is 15.3 Å². The Morgan fingerprint density at radius 1 is 1.27 bits per heavy atom. The van der Waals surface area contributed by atoms with Gasteiger partial charge in [-0.3, -0.25) is 4.79 Å². The molecule has 3 heteroatoms. The van der Waals surface area contributed by atoms with Gasteiger partial charge in [-0.05, 0) is 13.3 Å². The Balaban J connectivity index is 2.38. The van der Waals surface area contributed by atoms with Crippen LogP contribution in [-0.4, -0.2) is 19.5 Å². The third-order valence-electron chi connectivity index (χ3n) is 2.62. The second-order valence-corrected chi connectivity index (χ2v) is 3.70. The Labute approximate surface area is 89.0 Å². The monoisotopic (exact) mass is 206 g/mol. The zero-order valence-corrected chi connectivity index (χ0v) is 8.73.